The molecule has 0 aliphatic heterocycles. The summed E-state index contributed by atoms with van der Waals surface area (Å²) < 4.78 is 0. The molecule has 180 valence electrons. The second kappa shape index (κ2) is 25.0. The van der Waals surface area contributed by atoms with Crippen LogP contribution in [0.1, 0.15) is 124 Å². The van der Waals surface area contributed by atoms with Crippen LogP contribution in [0, 0.1) is 11.8 Å². The maximum Gasteiger partial charge on any atom is -0.0276 e. The Kier molecular flexibility index (Phi) is 25.7. The van der Waals surface area contributed by atoms with Gasteiger partial charge in [-0.2, -0.15) is 0 Å². The molecule has 0 heteroatoms. The van der Waals surface area contributed by atoms with E-state index in [2.05, 4.69) is 71.2 Å². The van der Waals surface area contributed by atoms with Gasteiger partial charge in [0.05, 0.1) is 0 Å². The van der Waals surface area contributed by atoms with E-state index in [0.717, 1.165) is 18.3 Å². The zero-order chi connectivity index (χ0) is 23.7. The Morgan fingerprint density at radius 2 is 1.55 bits per heavy atom. The molecule has 0 bridgehead atoms. The lowest BCUT2D eigenvalue weighted by atomic mass is 9.76. The van der Waals surface area contributed by atoms with Crippen molar-refractivity contribution in [1.29, 1.82) is 0 Å². The summed E-state index contributed by atoms with van der Waals surface area (Å²) in [6.45, 7) is 20.4. The largest absolute Gasteiger partial charge is 0.103 e. The summed E-state index contributed by atoms with van der Waals surface area (Å²) in [5, 5.41) is 0. The van der Waals surface area contributed by atoms with Crippen LogP contribution in [0.15, 0.2) is 55.1 Å². The maximum absolute atomic E-state index is 3.79. The van der Waals surface area contributed by atoms with Crippen molar-refractivity contribution >= 4 is 0 Å². The van der Waals surface area contributed by atoms with Crippen LogP contribution in [-0.4, -0.2) is 0 Å². The smallest absolute Gasteiger partial charge is 0.0276 e. The minimum atomic E-state index is 1.07. The molecule has 0 N–H and O–H groups in total. The molecule has 0 spiro atoms. The standard InChI is InChI=1S/C11H22.C11H14.C7H14.C2H6/c1-3-7-11-9-6-5-8-10(11)4-2;1-2-3-5-8-11-9-6-4-7-10-11;1-4-5-6-7(2)3;1-2/h10-11H,3-9H2,1-2H3;2,4,6-7,9-10H,1,3,5,8H2;2,4-6H2,1,3H3;1-2H3. The van der Waals surface area contributed by atoms with Crippen LogP contribution in [0.2, 0.25) is 0 Å². The second-order valence-corrected chi connectivity index (χ2v) is 8.73. The van der Waals surface area contributed by atoms with Crippen LogP contribution in [0.4, 0.5) is 0 Å². The average Bonchev–Trinajstić information content (AvgIpc) is 2.81. The van der Waals surface area contributed by atoms with E-state index in [1.165, 1.54) is 88.2 Å². The summed E-state index contributed by atoms with van der Waals surface area (Å²) in [7, 11) is 0. The Labute approximate surface area is 197 Å². The Morgan fingerprint density at radius 1 is 0.935 bits per heavy atom. The molecule has 0 nitrogen and oxygen atoms in total. The van der Waals surface area contributed by atoms with Crippen LogP contribution in [0.5, 0.6) is 0 Å². The number of hydrogen-bond donors (Lipinski definition) is 0. The third-order valence-electron chi connectivity index (χ3n) is 5.92. The molecule has 2 unspecified atom stereocenters. The van der Waals surface area contributed by atoms with Gasteiger partial charge in [0.25, 0.3) is 0 Å². The van der Waals surface area contributed by atoms with Gasteiger partial charge in [-0.25, -0.2) is 0 Å². The molecule has 1 fully saturated rings. The van der Waals surface area contributed by atoms with E-state index in [1.807, 2.05) is 19.9 Å². The fourth-order valence-electron chi connectivity index (χ4n) is 4.15. The lowest BCUT2D eigenvalue weighted by Gasteiger charge is -2.30. The van der Waals surface area contributed by atoms with E-state index in [-0.39, 0.29) is 0 Å². The minimum Gasteiger partial charge on any atom is -0.103 e. The van der Waals surface area contributed by atoms with E-state index in [9.17, 15) is 0 Å². The predicted molar refractivity (Wildman–Crippen MR) is 146 cm³/mol. The van der Waals surface area contributed by atoms with Crippen molar-refractivity contribution in [2.75, 3.05) is 0 Å². The molecule has 0 amide bonds. The SMILES string of the molecule is C=C(C)CCCC.C=CCCCc1ccccc1.CC.CCCC1CCCCC1CC. The zero-order valence-corrected chi connectivity index (χ0v) is 22.2. The van der Waals surface area contributed by atoms with Gasteiger partial charge < -0.3 is 0 Å². The first-order chi connectivity index (χ1) is 15.1. The highest BCUT2D eigenvalue weighted by Gasteiger charge is 2.22. The minimum absolute atomic E-state index is 1.07. The van der Waals surface area contributed by atoms with Crippen molar-refractivity contribution in [3.05, 3.63) is 60.7 Å². The molecule has 2 rings (SSSR count). The van der Waals surface area contributed by atoms with E-state index in [0.29, 0.717) is 0 Å². The molecule has 0 heterocycles. The topological polar surface area (TPSA) is 0 Å². The van der Waals surface area contributed by atoms with E-state index < -0.39 is 0 Å². The number of allylic oxidation sites excluding steroid dienone is 2. The summed E-state index contributed by atoms with van der Waals surface area (Å²) >= 11 is 0. The molecule has 1 saturated carbocycles. The molecule has 1 aromatic rings. The first-order valence-corrected chi connectivity index (χ1v) is 13.4. The summed E-state index contributed by atoms with van der Waals surface area (Å²) in [6, 6.07) is 10.6. The van der Waals surface area contributed by atoms with Gasteiger partial charge in [0.2, 0.25) is 0 Å². The van der Waals surface area contributed by atoms with Crippen molar-refractivity contribution in [2.24, 2.45) is 11.8 Å². The lowest BCUT2D eigenvalue weighted by Crippen LogP contribution is -2.18. The van der Waals surface area contributed by atoms with Gasteiger partial charge in [0.15, 0.2) is 0 Å². The normalized spacial score (nSPS) is 17.0. The van der Waals surface area contributed by atoms with E-state index >= 15 is 0 Å². The van der Waals surface area contributed by atoms with Crippen LogP contribution in [0.3, 0.4) is 0 Å². The lowest BCUT2D eigenvalue weighted by molar-refractivity contribution is 0.216. The highest BCUT2D eigenvalue weighted by atomic mass is 14.3. The summed E-state index contributed by atoms with van der Waals surface area (Å²) in [6.07, 6.45) is 19.6. The molecule has 1 aliphatic carbocycles. The number of rotatable bonds is 10. The number of aryl methyl sites for hydroxylation is 1. The quantitative estimate of drug-likeness (QED) is 0.257. The van der Waals surface area contributed by atoms with Gasteiger partial charge in [-0.05, 0) is 56.4 Å². The van der Waals surface area contributed by atoms with Gasteiger partial charge in [-0.15, -0.1) is 13.2 Å². The van der Waals surface area contributed by atoms with E-state index in [4.69, 9.17) is 0 Å². The number of benzene rings is 1. The fourth-order valence-corrected chi connectivity index (χ4v) is 4.15. The molecule has 31 heavy (non-hydrogen) atoms. The van der Waals surface area contributed by atoms with Gasteiger partial charge in [0.1, 0.15) is 0 Å². The van der Waals surface area contributed by atoms with Crippen molar-refractivity contribution in [2.45, 2.75) is 125 Å². The first-order valence-electron chi connectivity index (χ1n) is 13.4. The molecule has 0 saturated heterocycles. The van der Waals surface area contributed by atoms with E-state index in [1.54, 1.807) is 0 Å². The van der Waals surface area contributed by atoms with Gasteiger partial charge in [0, 0.05) is 0 Å². The Bertz CT molecular complexity index is 482. The zero-order valence-electron chi connectivity index (χ0n) is 22.2. The number of hydrogen-bond acceptors (Lipinski definition) is 0. The van der Waals surface area contributed by atoms with Crippen LogP contribution >= 0.6 is 0 Å². The maximum atomic E-state index is 3.79. The fraction of sp³-hybridized carbons (Fsp3) is 0.677. The summed E-state index contributed by atoms with van der Waals surface area (Å²) in [4.78, 5) is 0. The van der Waals surface area contributed by atoms with Crippen molar-refractivity contribution < 1.29 is 0 Å². The van der Waals surface area contributed by atoms with Crippen molar-refractivity contribution in [3.8, 4) is 0 Å². The van der Waals surface area contributed by atoms with Crippen molar-refractivity contribution in [3.63, 3.8) is 0 Å². The Hall–Kier alpha value is -1.30. The third-order valence-corrected chi connectivity index (χ3v) is 5.92. The average molecular weight is 429 g/mol. The Morgan fingerprint density at radius 3 is 2.00 bits per heavy atom. The number of unbranched alkanes of at least 4 members (excludes halogenated alkanes) is 2. The van der Waals surface area contributed by atoms with Crippen LogP contribution in [0.25, 0.3) is 0 Å². The summed E-state index contributed by atoms with van der Waals surface area (Å²) in [5.74, 6) is 2.16. The van der Waals surface area contributed by atoms with Crippen molar-refractivity contribution in [1.82, 2.24) is 0 Å². The molecule has 1 aliphatic rings. The summed E-state index contributed by atoms with van der Waals surface area (Å²) in [5.41, 5.74) is 2.73. The molecule has 0 aromatic heterocycles. The molecular formula is C31H56. The highest BCUT2D eigenvalue weighted by Crippen LogP contribution is 2.34. The van der Waals surface area contributed by atoms with Gasteiger partial charge >= 0.3 is 0 Å². The van der Waals surface area contributed by atoms with Crippen LogP contribution < -0.4 is 0 Å². The second-order valence-electron chi connectivity index (χ2n) is 8.73. The highest BCUT2D eigenvalue weighted by molar-refractivity contribution is 5.14. The predicted octanol–water partition coefficient (Wildman–Crippen LogP) is 11.0. The molecule has 0 radical (unpaired) electrons. The third kappa shape index (κ3) is 20.4. The molecule has 1 aromatic carbocycles. The van der Waals surface area contributed by atoms with Gasteiger partial charge in [-0.1, -0.05) is 128 Å². The van der Waals surface area contributed by atoms with Crippen LogP contribution in [-0.2, 0) is 6.42 Å². The molecule has 2 atom stereocenters. The molecular weight excluding hydrogens is 372 g/mol. The monoisotopic (exact) mass is 428 g/mol. The first kappa shape index (κ1) is 31.9. The van der Waals surface area contributed by atoms with Gasteiger partial charge in [-0.3, -0.25) is 0 Å². The Balaban J connectivity index is 0.